The predicted molar refractivity (Wildman–Crippen MR) is 193 cm³/mol. The van der Waals surface area contributed by atoms with E-state index in [1.54, 1.807) is 18.2 Å². The van der Waals surface area contributed by atoms with Crippen LogP contribution in [0.15, 0.2) is 18.2 Å². The molecule has 0 atom stereocenters. The number of hydrogen-bond donors (Lipinski definition) is 0. The van der Waals surface area contributed by atoms with Gasteiger partial charge in [-0.2, -0.15) is 0 Å². The minimum Gasteiger partial charge on any atom is -0.487 e. The fourth-order valence-electron chi connectivity index (χ4n) is 5.01. The molecule has 0 unspecified atom stereocenters. The molecule has 0 heterocycles. The first-order valence-electron chi connectivity index (χ1n) is 19.1. The van der Waals surface area contributed by atoms with E-state index in [1.165, 1.54) is 89.9 Å². The van der Waals surface area contributed by atoms with Gasteiger partial charge in [-0.05, 0) is 31.0 Å². The van der Waals surface area contributed by atoms with E-state index in [-0.39, 0.29) is 0 Å². The Morgan fingerprint density at radius 2 is 0.729 bits per heavy atom. The number of rotatable bonds is 39. The van der Waals surface area contributed by atoms with Gasteiger partial charge in [0, 0.05) is 18.8 Å². The lowest BCUT2D eigenvalue weighted by Crippen LogP contribution is -2.14. The largest absolute Gasteiger partial charge is 0.487 e. The monoisotopic (exact) mass is 683 g/mol. The van der Waals surface area contributed by atoms with Gasteiger partial charge >= 0.3 is 0 Å². The number of carbonyl (C=O) groups is 1. The summed E-state index contributed by atoms with van der Waals surface area (Å²) in [4.78, 5) is 11.3. The molecule has 1 rings (SSSR count). The topological polar surface area (TPSA) is 90.9 Å². The zero-order valence-corrected chi connectivity index (χ0v) is 30.7. The molecule has 0 aliphatic carbocycles. The summed E-state index contributed by atoms with van der Waals surface area (Å²) in [7, 11) is 0. The van der Waals surface area contributed by atoms with Crippen LogP contribution in [0.1, 0.15) is 127 Å². The molecule has 0 aliphatic heterocycles. The van der Waals surface area contributed by atoms with Crippen molar-refractivity contribution < 1.29 is 42.7 Å². The number of ether oxygens (including phenoxy) is 8. The van der Waals surface area contributed by atoms with Crippen LogP contribution in [0.3, 0.4) is 0 Å². The van der Waals surface area contributed by atoms with Crippen LogP contribution in [0.25, 0.3) is 0 Å². The van der Waals surface area contributed by atoms with Crippen molar-refractivity contribution in [3.05, 3.63) is 23.8 Å². The highest BCUT2D eigenvalue weighted by Crippen LogP contribution is 2.28. The molecule has 280 valence electrons. The molecule has 0 saturated carbocycles. The molecule has 0 bridgehead atoms. The smallest absolute Gasteiger partial charge is 0.162 e. The second-order valence-corrected chi connectivity index (χ2v) is 12.1. The molecule has 0 fully saturated rings. The van der Waals surface area contributed by atoms with E-state index in [9.17, 15) is 4.79 Å². The first-order valence-corrected chi connectivity index (χ1v) is 19.1. The van der Waals surface area contributed by atoms with Crippen molar-refractivity contribution in [2.75, 3.05) is 92.5 Å². The zero-order chi connectivity index (χ0) is 34.4. The van der Waals surface area contributed by atoms with Crippen molar-refractivity contribution >= 4 is 6.29 Å². The second kappa shape index (κ2) is 36.5. The molecule has 48 heavy (non-hydrogen) atoms. The Morgan fingerprint density at radius 1 is 0.396 bits per heavy atom. The molecule has 0 N–H and O–H groups in total. The lowest BCUT2D eigenvalue weighted by Gasteiger charge is -2.14. The van der Waals surface area contributed by atoms with Crippen molar-refractivity contribution in [3.63, 3.8) is 0 Å². The number of unbranched alkanes of at least 4 members (excludes halogenated alkanes) is 14. The van der Waals surface area contributed by atoms with Gasteiger partial charge in [-0.15, -0.1) is 0 Å². The van der Waals surface area contributed by atoms with Gasteiger partial charge in [0.15, 0.2) is 11.5 Å². The molecular formula is C39H70O9. The third-order valence-electron chi connectivity index (χ3n) is 7.85. The minimum atomic E-state index is 0.330. The van der Waals surface area contributed by atoms with Crippen LogP contribution in [-0.4, -0.2) is 98.8 Å². The SMILES string of the molecule is CCCCCCCCCCOCCOCCOCCOc1ccc(C=O)cc1OCCOCCOCCOCCCCCCCCCC. The molecule has 0 saturated heterocycles. The summed E-state index contributed by atoms with van der Waals surface area (Å²) in [6.07, 6.45) is 21.6. The lowest BCUT2D eigenvalue weighted by molar-refractivity contribution is 0.00729. The van der Waals surface area contributed by atoms with E-state index in [2.05, 4.69) is 13.8 Å². The summed E-state index contributed by atoms with van der Waals surface area (Å²) >= 11 is 0. The van der Waals surface area contributed by atoms with Crippen molar-refractivity contribution in [3.8, 4) is 11.5 Å². The van der Waals surface area contributed by atoms with Crippen LogP contribution in [0.4, 0.5) is 0 Å². The molecule has 0 amide bonds. The average Bonchev–Trinajstić information content (AvgIpc) is 3.11. The van der Waals surface area contributed by atoms with Gasteiger partial charge < -0.3 is 37.9 Å². The highest BCUT2D eigenvalue weighted by Gasteiger charge is 2.07. The third kappa shape index (κ3) is 29.2. The van der Waals surface area contributed by atoms with E-state index in [0.29, 0.717) is 96.3 Å². The van der Waals surface area contributed by atoms with Crippen LogP contribution in [-0.2, 0) is 28.4 Å². The number of carbonyl (C=O) groups excluding carboxylic acids is 1. The van der Waals surface area contributed by atoms with Crippen LogP contribution in [0.5, 0.6) is 11.5 Å². The Kier molecular flexibility index (Phi) is 33.7. The van der Waals surface area contributed by atoms with Crippen molar-refractivity contribution in [1.82, 2.24) is 0 Å². The van der Waals surface area contributed by atoms with Gasteiger partial charge in [-0.3, -0.25) is 4.79 Å². The first kappa shape index (κ1) is 44.3. The molecule has 9 heteroatoms. The summed E-state index contributed by atoms with van der Waals surface area (Å²) in [5.74, 6) is 1.06. The second-order valence-electron chi connectivity index (χ2n) is 12.1. The fraction of sp³-hybridized carbons (Fsp3) is 0.821. The van der Waals surface area contributed by atoms with E-state index < -0.39 is 0 Å². The molecule has 0 spiro atoms. The minimum absolute atomic E-state index is 0.330. The Bertz CT molecular complexity index is 808. The van der Waals surface area contributed by atoms with Crippen molar-refractivity contribution in [1.29, 1.82) is 0 Å². The molecule has 0 radical (unpaired) electrons. The maximum atomic E-state index is 11.3. The third-order valence-corrected chi connectivity index (χ3v) is 7.85. The molecule has 0 aliphatic rings. The number of benzene rings is 1. The van der Waals surface area contributed by atoms with Gasteiger partial charge in [0.1, 0.15) is 19.5 Å². The highest BCUT2D eigenvalue weighted by atomic mass is 16.6. The number of hydrogen-bond acceptors (Lipinski definition) is 9. The van der Waals surface area contributed by atoms with Gasteiger partial charge in [0.25, 0.3) is 0 Å². The lowest BCUT2D eigenvalue weighted by atomic mass is 10.1. The molecule has 9 nitrogen and oxygen atoms in total. The Hall–Kier alpha value is -1.75. The van der Waals surface area contributed by atoms with Crippen LogP contribution < -0.4 is 9.47 Å². The summed E-state index contributed by atoms with van der Waals surface area (Å²) in [5.41, 5.74) is 0.520. The Labute approximate surface area is 293 Å². The summed E-state index contributed by atoms with van der Waals surface area (Å²) in [6.45, 7) is 12.0. The van der Waals surface area contributed by atoms with E-state index in [1.807, 2.05) is 0 Å². The van der Waals surface area contributed by atoms with Gasteiger partial charge in [0.05, 0.1) is 66.1 Å². The van der Waals surface area contributed by atoms with Crippen LogP contribution in [0.2, 0.25) is 0 Å². The van der Waals surface area contributed by atoms with Crippen molar-refractivity contribution in [2.45, 2.75) is 117 Å². The normalized spacial score (nSPS) is 11.3. The summed E-state index contributed by atoms with van der Waals surface area (Å²) in [5, 5.41) is 0. The van der Waals surface area contributed by atoms with E-state index >= 15 is 0 Å². The van der Waals surface area contributed by atoms with E-state index in [0.717, 1.165) is 32.3 Å². The average molecular weight is 683 g/mol. The highest BCUT2D eigenvalue weighted by molar-refractivity contribution is 5.76. The number of aldehydes is 1. The van der Waals surface area contributed by atoms with Crippen LogP contribution in [0, 0.1) is 0 Å². The molecule has 0 aromatic heterocycles. The van der Waals surface area contributed by atoms with Gasteiger partial charge in [-0.1, -0.05) is 104 Å². The molecule has 1 aromatic carbocycles. The van der Waals surface area contributed by atoms with Gasteiger partial charge in [-0.25, -0.2) is 0 Å². The summed E-state index contributed by atoms with van der Waals surface area (Å²) in [6, 6.07) is 5.11. The molecular weight excluding hydrogens is 612 g/mol. The van der Waals surface area contributed by atoms with E-state index in [4.69, 9.17) is 37.9 Å². The standard InChI is InChI=1S/C39H70O9/c1-3-5-7-9-11-13-15-17-21-41-23-25-43-27-29-45-31-33-47-38-20-19-37(36-40)35-39(38)48-34-32-46-30-28-44-26-24-42-22-18-16-14-12-10-8-6-4-2/h19-20,35-36H,3-18,21-34H2,1-2H3. The Morgan fingerprint density at radius 3 is 1.12 bits per heavy atom. The quantitative estimate of drug-likeness (QED) is 0.0500. The van der Waals surface area contributed by atoms with Crippen LogP contribution >= 0.6 is 0 Å². The maximum Gasteiger partial charge on any atom is 0.162 e. The van der Waals surface area contributed by atoms with Gasteiger partial charge in [0.2, 0.25) is 0 Å². The Balaban J connectivity index is 1.96. The summed E-state index contributed by atoms with van der Waals surface area (Å²) < 4.78 is 45.4. The van der Waals surface area contributed by atoms with Crippen molar-refractivity contribution in [2.24, 2.45) is 0 Å². The zero-order valence-electron chi connectivity index (χ0n) is 30.7. The first-order chi connectivity index (χ1) is 23.8. The molecule has 1 aromatic rings. The predicted octanol–water partition coefficient (Wildman–Crippen LogP) is 8.64. The fourth-order valence-corrected chi connectivity index (χ4v) is 5.01. The maximum absolute atomic E-state index is 11.3.